The minimum atomic E-state index is -4.10. The van der Waals surface area contributed by atoms with E-state index in [4.69, 9.17) is 5.73 Å². The van der Waals surface area contributed by atoms with Gasteiger partial charge in [-0.2, -0.15) is 13.2 Å². The van der Waals surface area contributed by atoms with Crippen LogP contribution in [-0.2, 0) is 0 Å². The molecule has 1 atom stereocenters. The number of alkyl halides is 3. The zero-order valence-corrected chi connectivity index (χ0v) is 11.4. The quantitative estimate of drug-likeness (QED) is 0.797. The van der Waals surface area contributed by atoms with Crippen LogP contribution in [0.2, 0.25) is 0 Å². The zero-order chi connectivity index (χ0) is 14.9. The minimum Gasteiger partial charge on any atom is -0.324 e. The summed E-state index contributed by atoms with van der Waals surface area (Å²) >= 11 is 0. The molecule has 0 amide bonds. The van der Waals surface area contributed by atoms with Gasteiger partial charge in [-0.25, -0.2) is 4.39 Å². The molecule has 2 N–H and O–H groups in total. The van der Waals surface area contributed by atoms with Crippen LogP contribution in [0.5, 0.6) is 0 Å². The maximum absolute atomic E-state index is 13.2. The van der Waals surface area contributed by atoms with Crippen molar-refractivity contribution in [3.8, 4) is 0 Å². The summed E-state index contributed by atoms with van der Waals surface area (Å²) in [6.45, 7) is 1.66. The number of benzene rings is 1. The fraction of sp³-hybridized carbons (Fsp3) is 0.600. The van der Waals surface area contributed by atoms with E-state index < -0.39 is 12.1 Å². The van der Waals surface area contributed by atoms with Gasteiger partial charge in [0.2, 0.25) is 0 Å². The summed E-state index contributed by atoms with van der Waals surface area (Å²) in [4.78, 5) is 0. The first-order valence-electron chi connectivity index (χ1n) is 6.87. The van der Waals surface area contributed by atoms with Crippen molar-refractivity contribution in [2.75, 3.05) is 0 Å². The summed E-state index contributed by atoms with van der Waals surface area (Å²) in [6, 6.07) is 4.37. The molecule has 5 heteroatoms. The van der Waals surface area contributed by atoms with E-state index in [1.54, 1.807) is 19.1 Å². The molecule has 0 aromatic heterocycles. The molecule has 0 bridgehead atoms. The third kappa shape index (κ3) is 3.32. The Morgan fingerprint density at radius 1 is 1.15 bits per heavy atom. The van der Waals surface area contributed by atoms with Crippen LogP contribution in [-0.4, -0.2) is 6.18 Å². The van der Waals surface area contributed by atoms with Crippen LogP contribution in [0.1, 0.15) is 42.9 Å². The molecule has 1 unspecified atom stereocenters. The number of hydrogen-bond acceptors (Lipinski definition) is 1. The van der Waals surface area contributed by atoms with Gasteiger partial charge < -0.3 is 5.73 Å². The highest BCUT2D eigenvalue weighted by molar-refractivity contribution is 5.26. The van der Waals surface area contributed by atoms with Crippen molar-refractivity contribution in [1.82, 2.24) is 0 Å². The largest absolute Gasteiger partial charge is 0.391 e. The molecule has 1 aromatic carbocycles. The van der Waals surface area contributed by atoms with Crippen molar-refractivity contribution in [2.24, 2.45) is 17.6 Å². The number of hydrogen-bond donors (Lipinski definition) is 1. The third-order valence-electron chi connectivity index (χ3n) is 4.31. The molecule has 0 aliphatic heterocycles. The normalized spacial score (nSPS) is 25.5. The Balaban J connectivity index is 2.01. The average molecular weight is 289 g/mol. The molecular formula is C15H19F4N. The number of aryl methyl sites for hydroxylation is 1. The van der Waals surface area contributed by atoms with Gasteiger partial charge in [0, 0.05) is 6.04 Å². The molecule has 20 heavy (non-hydrogen) atoms. The van der Waals surface area contributed by atoms with Gasteiger partial charge in [0.05, 0.1) is 5.92 Å². The predicted molar refractivity (Wildman–Crippen MR) is 69.6 cm³/mol. The van der Waals surface area contributed by atoms with Gasteiger partial charge in [0.1, 0.15) is 5.82 Å². The molecule has 0 saturated heterocycles. The standard InChI is InChI=1S/C15H19F4N/c1-9-8-11(4-7-13(9)16)14(20)10-2-5-12(6-3-10)15(17,18)19/h4,7-8,10,12,14H,2-3,5-6,20H2,1H3. The highest BCUT2D eigenvalue weighted by Gasteiger charge is 2.42. The fourth-order valence-corrected chi connectivity index (χ4v) is 2.95. The highest BCUT2D eigenvalue weighted by Crippen LogP contribution is 2.42. The number of halogens is 4. The molecule has 1 aliphatic carbocycles. The van der Waals surface area contributed by atoms with Crippen LogP contribution in [0.4, 0.5) is 17.6 Å². The van der Waals surface area contributed by atoms with E-state index in [1.807, 2.05) is 0 Å². The Hall–Kier alpha value is -1.10. The number of rotatable bonds is 2. The van der Waals surface area contributed by atoms with Crippen molar-refractivity contribution in [1.29, 1.82) is 0 Å². The summed E-state index contributed by atoms with van der Waals surface area (Å²) < 4.78 is 51.1. The molecule has 1 saturated carbocycles. The van der Waals surface area contributed by atoms with E-state index in [-0.39, 0.29) is 30.6 Å². The van der Waals surface area contributed by atoms with Crippen molar-refractivity contribution >= 4 is 0 Å². The third-order valence-corrected chi connectivity index (χ3v) is 4.31. The van der Waals surface area contributed by atoms with Gasteiger partial charge >= 0.3 is 6.18 Å². The van der Waals surface area contributed by atoms with E-state index in [0.29, 0.717) is 18.4 Å². The Bertz CT molecular complexity index is 461. The van der Waals surface area contributed by atoms with Crippen LogP contribution >= 0.6 is 0 Å². The molecule has 0 spiro atoms. The summed E-state index contributed by atoms with van der Waals surface area (Å²) in [5.74, 6) is -1.44. The summed E-state index contributed by atoms with van der Waals surface area (Å²) in [7, 11) is 0. The Morgan fingerprint density at radius 3 is 2.25 bits per heavy atom. The summed E-state index contributed by atoms with van der Waals surface area (Å²) in [5.41, 5.74) is 7.46. The first-order valence-corrected chi connectivity index (χ1v) is 6.87. The molecule has 0 heterocycles. The van der Waals surface area contributed by atoms with Gasteiger partial charge in [0.15, 0.2) is 0 Å². The Morgan fingerprint density at radius 2 is 1.75 bits per heavy atom. The molecule has 1 nitrogen and oxygen atoms in total. The lowest BCUT2D eigenvalue weighted by Gasteiger charge is -2.33. The van der Waals surface area contributed by atoms with E-state index in [9.17, 15) is 17.6 Å². The maximum atomic E-state index is 13.2. The van der Waals surface area contributed by atoms with Crippen molar-refractivity contribution in [3.63, 3.8) is 0 Å². The van der Waals surface area contributed by atoms with Gasteiger partial charge in [-0.05, 0) is 55.7 Å². The van der Waals surface area contributed by atoms with E-state index in [1.165, 1.54) is 6.07 Å². The predicted octanol–water partition coefficient (Wildman–Crippen LogP) is 4.50. The molecule has 2 rings (SSSR count). The molecule has 1 aliphatic rings. The average Bonchev–Trinajstić information content (AvgIpc) is 2.40. The van der Waals surface area contributed by atoms with Gasteiger partial charge in [-0.3, -0.25) is 0 Å². The highest BCUT2D eigenvalue weighted by atomic mass is 19.4. The van der Waals surface area contributed by atoms with Gasteiger partial charge in [0.25, 0.3) is 0 Å². The topological polar surface area (TPSA) is 26.0 Å². The van der Waals surface area contributed by atoms with Crippen LogP contribution < -0.4 is 5.73 Å². The van der Waals surface area contributed by atoms with Crippen LogP contribution in [0.15, 0.2) is 18.2 Å². The van der Waals surface area contributed by atoms with Crippen LogP contribution in [0, 0.1) is 24.6 Å². The second kappa shape index (κ2) is 5.72. The SMILES string of the molecule is Cc1cc(C(N)C2CCC(C(F)(F)F)CC2)ccc1F. The Labute approximate surface area is 116 Å². The van der Waals surface area contributed by atoms with Gasteiger partial charge in [-0.15, -0.1) is 0 Å². The number of nitrogens with two attached hydrogens (primary N) is 1. The Kier molecular flexibility index (Phi) is 4.37. The first kappa shape index (κ1) is 15.3. The fourth-order valence-electron chi connectivity index (χ4n) is 2.95. The zero-order valence-electron chi connectivity index (χ0n) is 11.4. The van der Waals surface area contributed by atoms with Crippen LogP contribution in [0.25, 0.3) is 0 Å². The lowest BCUT2D eigenvalue weighted by molar-refractivity contribution is -0.184. The second-order valence-corrected chi connectivity index (χ2v) is 5.69. The monoisotopic (exact) mass is 289 g/mol. The molecule has 1 fully saturated rings. The molecular weight excluding hydrogens is 270 g/mol. The first-order chi connectivity index (χ1) is 9.29. The minimum absolute atomic E-state index is 0.0402. The van der Waals surface area contributed by atoms with Crippen molar-refractivity contribution < 1.29 is 17.6 Å². The van der Waals surface area contributed by atoms with Crippen molar-refractivity contribution in [3.05, 3.63) is 35.1 Å². The van der Waals surface area contributed by atoms with E-state index in [2.05, 4.69) is 0 Å². The van der Waals surface area contributed by atoms with E-state index >= 15 is 0 Å². The van der Waals surface area contributed by atoms with Gasteiger partial charge in [-0.1, -0.05) is 12.1 Å². The van der Waals surface area contributed by atoms with Crippen LogP contribution in [0.3, 0.4) is 0 Å². The van der Waals surface area contributed by atoms with Crippen molar-refractivity contribution in [2.45, 2.75) is 44.8 Å². The maximum Gasteiger partial charge on any atom is 0.391 e. The summed E-state index contributed by atoms with van der Waals surface area (Å²) in [5, 5.41) is 0. The summed E-state index contributed by atoms with van der Waals surface area (Å²) in [6.07, 6.45) is -2.87. The van der Waals surface area contributed by atoms with E-state index in [0.717, 1.165) is 5.56 Å². The lowest BCUT2D eigenvalue weighted by Crippen LogP contribution is -2.31. The molecule has 112 valence electrons. The smallest absolute Gasteiger partial charge is 0.324 e. The lowest BCUT2D eigenvalue weighted by atomic mass is 9.76. The molecule has 1 aromatic rings. The molecule has 0 radical (unpaired) electrons. The second-order valence-electron chi connectivity index (χ2n) is 5.69.